The Hall–Kier alpha value is -2.86. The summed E-state index contributed by atoms with van der Waals surface area (Å²) in [4.78, 5) is 16.6. The summed E-state index contributed by atoms with van der Waals surface area (Å²) in [5.74, 6) is -0.426. The Balaban J connectivity index is 1.43. The summed E-state index contributed by atoms with van der Waals surface area (Å²) >= 11 is 6.06. The first-order valence-corrected chi connectivity index (χ1v) is 11.1. The number of anilines is 1. The molecule has 0 saturated carbocycles. The number of benzene rings is 3. The van der Waals surface area contributed by atoms with Gasteiger partial charge in [-0.25, -0.2) is 4.79 Å². The van der Waals surface area contributed by atoms with Crippen molar-refractivity contribution in [1.82, 2.24) is 4.90 Å². The van der Waals surface area contributed by atoms with Crippen LogP contribution >= 0.6 is 11.6 Å². The number of carbonyl (C=O) groups excluding carboxylic acids is 1. The van der Waals surface area contributed by atoms with E-state index in [2.05, 4.69) is 46.2 Å². The molecule has 5 nitrogen and oxygen atoms in total. The Kier molecular flexibility index (Phi) is 7.10. The Morgan fingerprint density at radius 2 is 1.69 bits per heavy atom. The quantitative estimate of drug-likeness (QED) is 0.556. The maximum atomic E-state index is 11.9. The molecule has 0 aliphatic carbocycles. The van der Waals surface area contributed by atoms with E-state index in [-0.39, 0.29) is 6.61 Å². The van der Waals surface area contributed by atoms with E-state index in [1.54, 1.807) is 6.07 Å². The molecule has 0 radical (unpaired) electrons. The summed E-state index contributed by atoms with van der Waals surface area (Å²) in [6.07, 6.45) is 0. The minimum Gasteiger partial charge on any atom is -0.465 e. The molecule has 1 fully saturated rings. The van der Waals surface area contributed by atoms with Crippen molar-refractivity contribution in [3.05, 3.63) is 88.4 Å². The summed E-state index contributed by atoms with van der Waals surface area (Å²) in [6.45, 7) is 4.32. The molecule has 1 aliphatic rings. The van der Waals surface area contributed by atoms with Gasteiger partial charge in [0.1, 0.15) is 0 Å². The monoisotopic (exact) mass is 450 g/mol. The molecule has 1 saturated heterocycles. The second kappa shape index (κ2) is 10.2. The van der Waals surface area contributed by atoms with E-state index in [9.17, 15) is 9.90 Å². The molecule has 6 heteroatoms. The fraction of sp³-hybridized carbons (Fsp3) is 0.269. The number of aliphatic hydroxyl groups excluding tert-OH is 1. The molecule has 1 aliphatic heterocycles. The zero-order valence-electron chi connectivity index (χ0n) is 18.1. The van der Waals surface area contributed by atoms with Gasteiger partial charge in [0.25, 0.3) is 0 Å². The summed E-state index contributed by atoms with van der Waals surface area (Å²) in [6, 6.07) is 22.1. The lowest BCUT2D eigenvalue weighted by Crippen LogP contribution is -2.46. The number of hydrogen-bond acceptors (Lipinski definition) is 5. The highest BCUT2D eigenvalue weighted by Gasteiger charge is 2.20. The number of hydrogen-bond donors (Lipinski definition) is 1. The third-order valence-corrected chi connectivity index (χ3v) is 6.22. The summed E-state index contributed by atoms with van der Waals surface area (Å²) in [5.41, 5.74) is 5.73. The lowest BCUT2D eigenvalue weighted by Gasteiger charge is -2.36. The SMILES string of the molecule is COC(=O)c1ccc(N2CCN(Cc3ccccc3-c3ccc(Cl)cc3)CC2)cc1CO. The molecule has 166 valence electrons. The Bertz CT molecular complexity index is 1080. The zero-order chi connectivity index (χ0) is 22.5. The Labute approximate surface area is 193 Å². The van der Waals surface area contributed by atoms with Gasteiger partial charge < -0.3 is 14.7 Å². The molecule has 0 spiro atoms. The Morgan fingerprint density at radius 3 is 2.38 bits per heavy atom. The zero-order valence-corrected chi connectivity index (χ0v) is 18.9. The molecular formula is C26H27ClN2O3. The lowest BCUT2D eigenvalue weighted by molar-refractivity contribution is 0.0597. The van der Waals surface area contributed by atoms with E-state index < -0.39 is 5.97 Å². The van der Waals surface area contributed by atoms with Gasteiger partial charge in [-0.05, 0) is 52.6 Å². The summed E-state index contributed by atoms with van der Waals surface area (Å²) in [7, 11) is 1.35. The van der Waals surface area contributed by atoms with Crippen LogP contribution in [0.15, 0.2) is 66.7 Å². The standard InChI is InChI=1S/C26H27ClN2O3/c1-32-26(31)25-11-10-23(16-21(25)18-30)29-14-12-28(13-15-29)17-20-4-2-3-5-24(20)19-6-8-22(27)9-7-19/h2-11,16,30H,12-15,17-18H2,1H3. The van der Waals surface area contributed by atoms with E-state index in [1.165, 1.54) is 23.8 Å². The maximum Gasteiger partial charge on any atom is 0.338 e. The van der Waals surface area contributed by atoms with Crippen molar-refractivity contribution in [3.8, 4) is 11.1 Å². The largest absolute Gasteiger partial charge is 0.465 e. The lowest BCUT2D eigenvalue weighted by atomic mass is 9.99. The van der Waals surface area contributed by atoms with Crippen molar-refractivity contribution in [2.45, 2.75) is 13.2 Å². The van der Waals surface area contributed by atoms with Crippen LogP contribution in [0.5, 0.6) is 0 Å². The number of rotatable bonds is 6. The molecule has 0 atom stereocenters. The first-order valence-electron chi connectivity index (χ1n) is 10.7. The highest BCUT2D eigenvalue weighted by atomic mass is 35.5. The van der Waals surface area contributed by atoms with Crippen LogP contribution in [-0.2, 0) is 17.9 Å². The van der Waals surface area contributed by atoms with Crippen LogP contribution < -0.4 is 4.90 Å². The van der Waals surface area contributed by atoms with E-state index >= 15 is 0 Å². The van der Waals surface area contributed by atoms with Gasteiger partial charge in [0.15, 0.2) is 0 Å². The van der Waals surface area contributed by atoms with Crippen molar-refractivity contribution in [1.29, 1.82) is 0 Å². The molecule has 0 aromatic heterocycles. The number of methoxy groups -OCH3 is 1. The van der Waals surface area contributed by atoms with Gasteiger partial charge in [-0.15, -0.1) is 0 Å². The smallest absolute Gasteiger partial charge is 0.338 e. The molecular weight excluding hydrogens is 424 g/mol. The molecule has 4 rings (SSSR count). The number of halogens is 1. The normalized spacial score (nSPS) is 14.4. The van der Waals surface area contributed by atoms with Gasteiger partial charge in [-0.3, -0.25) is 4.90 Å². The minimum atomic E-state index is -0.426. The topological polar surface area (TPSA) is 53.0 Å². The van der Waals surface area contributed by atoms with Crippen LogP contribution in [0.25, 0.3) is 11.1 Å². The maximum absolute atomic E-state index is 11.9. The summed E-state index contributed by atoms with van der Waals surface area (Å²) in [5, 5.41) is 10.4. The fourth-order valence-electron chi connectivity index (χ4n) is 4.19. The van der Waals surface area contributed by atoms with E-state index in [0.717, 1.165) is 43.4 Å². The molecule has 3 aromatic carbocycles. The van der Waals surface area contributed by atoms with Gasteiger partial charge in [-0.1, -0.05) is 48.0 Å². The first kappa shape index (κ1) is 22.3. The molecule has 1 N–H and O–H groups in total. The van der Waals surface area contributed by atoms with Gasteiger partial charge in [0.05, 0.1) is 19.3 Å². The van der Waals surface area contributed by atoms with Crippen LogP contribution in [0, 0.1) is 0 Å². The molecule has 0 amide bonds. The molecule has 1 heterocycles. The van der Waals surface area contributed by atoms with Gasteiger partial charge in [0.2, 0.25) is 0 Å². The predicted molar refractivity (Wildman–Crippen MR) is 128 cm³/mol. The van der Waals surface area contributed by atoms with Gasteiger partial charge in [-0.2, -0.15) is 0 Å². The number of ether oxygens (including phenoxy) is 1. The molecule has 0 unspecified atom stereocenters. The van der Waals surface area contributed by atoms with Crippen LogP contribution in [0.2, 0.25) is 5.02 Å². The highest BCUT2D eigenvalue weighted by Crippen LogP contribution is 2.27. The summed E-state index contributed by atoms with van der Waals surface area (Å²) < 4.78 is 4.81. The third kappa shape index (κ3) is 4.96. The van der Waals surface area contributed by atoms with Crippen LogP contribution in [-0.4, -0.2) is 49.3 Å². The molecule has 0 bridgehead atoms. The second-order valence-electron chi connectivity index (χ2n) is 7.92. The number of esters is 1. The second-order valence-corrected chi connectivity index (χ2v) is 8.35. The molecule has 32 heavy (non-hydrogen) atoms. The third-order valence-electron chi connectivity index (χ3n) is 5.97. The van der Waals surface area contributed by atoms with E-state index in [4.69, 9.17) is 16.3 Å². The van der Waals surface area contributed by atoms with Crippen molar-refractivity contribution in [3.63, 3.8) is 0 Å². The number of nitrogens with zero attached hydrogens (tertiary/aromatic N) is 2. The average molecular weight is 451 g/mol. The van der Waals surface area contributed by atoms with Crippen molar-refractivity contribution >= 4 is 23.3 Å². The fourth-order valence-corrected chi connectivity index (χ4v) is 4.32. The van der Waals surface area contributed by atoms with Gasteiger partial charge >= 0.3 is 5.97 Å². The highest BCUT2D eigenvalue weighted by molar-refractivity contribution is 6.30. The number of carbonyl (C=O) groups is 1. The van der Waals surface area contributed by atoms with Gasteiger partial charge in [0, 0.05) is 43.4 Å². The van der Waals surface area contributed by atoms with Crippen LogP contribution in [0.4, 0.5) is 5.69 Å². The minimum absolute atomic E-state index is 0.195. The van der Waals surface area contributed by atoms with Crippen LogP contribution in [0.1, 0.15) is 21.5 Å². The van der Waals surface area contributed by atoms with Crippen molar-refractivity contribution < 1.29 is 14.6 Å². The predicted octanol–water partition coefficient (Wildman–Crippen LogP) is 4.61. The van der Waals surface area contributed by atoms with Crippen molar-refractivity contribution in [2.24, 2.45) is 0 Å². The first-order chi connectivity index (χ1) is 15.6. The number of piperazine rings is 1. The number of aliphatic hydroxyl groups is 1. The van der Waals surface area contributed by atoms with Crippen molar-refractivity contribution in [2.75, 3.05) is 38.2 Å². The molecule has 3 aromatic rings. The van der Waals surface area contributed by atoms with Crippen LogP contribution in [0.3, 0.4) is 0 Å². The Morgan fingerprint density at radius 1 is 0.969 bits per heavy atom. The van der Waals surface area contributed by atoms with E-state index in [0.29, 0.717) is 11.1 Å². The average Bonchev–Trinajstić information content (AvgIpc) is 2.84. The van der Waals surface area contributed by atoms with E-state index in [1.807, 2.05) is 24.3 Å².